The van der Waals surface area contributed by atoms with Gasteiger partial charge in [0.2, 0.25) is 5.91 Å². The molecule has 1 aliphatic rings. The van der Waals surface area contributed by atoms with Gasteiger partial charge in [0.1, 0.15) is 0 Å². The average Bonchev–Trinajstić information content (AvgIpc) is 2.47. The topological polar surface area (TPSA) is 68.0 Å². The fourth-order valence-corrected chi connectivity index (χ4v) is 3.05. The van der Waals surface area contributed by atoms with Crippen molar-refractivity contribution in [2.24, 2.45) is 11.1 Å². The maximum absolute atomic E-state index is 12.2. The molecule has 1 saturated carbocycles. The highest BCUT2D eigenvalue weighted by Crippen LogP contribution is 2.38. The lowest BCUT2D eigenvalue weighted by Gasteiger charge is -2.35. The van der Waals surface area contributed by atoms with E-state index in [1.54, 1.807) is 6.20 Å². The quantitative estimate of drug-likeness (QED) is 0.866. The molecule has 4 heteroatoms. The Hall–Kier alpha value is -1.42. The summed E-state index contributed by atoms with van der Waals surface area (Å²) in [4.78, 5) is 16.2. The third-order valence-electron chi connectivity index (χ3n) is 4.50. The summed E-state index contributed by atoms with van der Waals surface area (Å²) in [6, 6.07) is 1.95. The first-order valence-electron chi connectivity index (χ1n) is 7.51. The van der Waals surface area contributed by atoms with Gasteiger partial charge in [-0.3, -0.25) is 9.78 Å². The van der Waals surface area contributed by atoms with Crippen LogP contribution in [-0.4, -0.2) is 17.4 Å². The molecule has 3 N–H and O–H groups in total. The molecular weight excluding hydrogens is 250 g/mol. The minimum absolute atomic E-state index is 0.0373. The molecule has 1 heterocycles. The highest BCUT2D eigenvalue weighted by atomic mass is 16.1. The maximum atomic E-state index is 12.2. The minimum atomic E-state index is 0.0373. The van der Waals surface area contributed by atoms with E-state index in [1.807, 2.05) is 19.2 Å². The van der Waals surface area contributed by atoms with Crippen LogP contribution in [0.25, 0.3) is 0 Å². The van der Waals surface area contributed by atoms with Crippen molar-refractivity contribution in [3.63, 3.8) is 0 Å². The second-order valence-corrected chi connectivity index (χ2v) is 6.02. The second-order valence-electron chi connectivity index (χ2n) is 6.02. The van der Waals surface area contributed by atoms with Gasteiger partial charge in [0.05, 0.1) is 0 Å². The van der Waals surface area contributed by atoms with Crippen molar-refractivity contribution in [2.75, 3.05) is 6.54 Å². The summed E-state index contributed by atoms with van der Waals surface area (Å²) in [7, 11) is 0. The number of nitrogens with one attached hydrogen (secondary N) is 1. The zero-order valence-corrected chi connectivity index (χ0v) is 12.3. The van der Waals surface area contributed by atoms with E-state index in [2.05, 4.69) is 10.3 Å². The Morgan fingerprint density at radius 2 is 2.15 bits per heavy atom. The second kappa shape index (κ2) is 6.84. The molecule has 1 amide bonds. The molecule has 4 nitrogen and oxygen atoms in total. The molecule has 0 aliphatic heterocycles. The Balaban J connectivity index is 1.87. The van der Waals surface area contributed by atoms with Gasteiger partial charge in [0.15, 0.2) is 0 Å². The minimum Gasteiger partial charge on any atom is -0.352 e. The molecule has 0 saturated heterocycles. The number of carbonyl (C=O) groups excluding carboxylic acids is 1. The molecule has 0 spiro atoms. The van der Waals surface area contributed by atoms with E-state index in [4.69, 9.17) is 5.73 Å². The van der Waals surface area contributed by atoms with E-state index in [0.29, 0.717) is 19.5 Å². The SMILES string of the molecule is Cc1cnccc1CNC(=O)CC1(CN)CCCCC1. The van der Waals surface area contributed by atoms with Gasteiger partial charge in [-0.1, -0.05) is 19.3 Å². The lowest BCUT2D eigenvalue weighted by Crippen LogP contribution is -2.38. The summed E-state index contributed by atoms with van der Waals surface area (Å²) in [5, 5.41) is 3.02. The third kappa shape index (κ3) is 3.79. The number of amides is 1. The van der Waals surface area contributed by atoms with Crippen LogP contribution in [-0.2, 0) is 11.3 Å². The molecule has 0 radical (unpaired) electrons. The largest absolute Gasteiger partial charge is 0.352 e. The van der Waals surface area contributed by atoms with Gasteiger partial charge in [-0.05, 0) is 48.9 Å². The van der Waals surface area contributed by atoms with Crippen molar-refractivity contribution in [3.8, 4) is 0 Å². The van der Waals surface area contributed by atoms with Crippen molar-refractivity contribution < 1.29 is 4.79 Å². The lowest BCUT2D eigenvalue weighted by molar-refractivity contribution is -0.124. The molecule has 1 aromatic rings. The Kier molecular flexibility index (Phi) is 5.12. The highest BCUT2D eigenvalue weighted by Gasteiger charge is 2.32. The summed E-state index contributed by atoms with van der Waals surface area (Å²) >= 11 is 0. The van der Waals surface area contributed by atoms with Crippen molar-refractivity contribution >= 4 is 5.91 Å². The van der Waals surface area contributed by atoms with Crippen molar-refractivity contribution in [1.29, 1.82) is 0 Å². The van der Waals surface area contributed by atoms with Crippen LogP contribution in [0.2, 0.25) is 0 Å². The average molecular weight is 275 g/mol. The molecule has 1 fully saturated rings. The maximum Gasteiger partial charge on any atom is 0.220 e. The van der Waals surface area contributed by atoms with Crippen molar-refractivity contribution in [2.45, 2.75) is 52.0 Å². The number of nitrogens with zero attached hydrogens (tertiary/aromatic N) is 1. The van der Waals surface area contributed by atoms with Crippen LogP contribution in [0.15, 0.2) is 18.5 Å². The van der Waals surface area contributed by atoms with Gasteiger partial charge >= 0.3 is 0 Å². The Labute approximate surface area is 121 Å². The Morgan fingerprint density at radius 1 is 1.40 bits per heavy atom. The van der Waals surface area contributed by atoms with Crippen LogP contribution in [0.5, 0.6) is 0 Å². The van der Waals surface area contributed by atoms with E-state index in [-0.39, 0.29) is 11.3 Å². The predicted octanol–water partition coefficient (Wildman–Crippen LogP) is 2.31. The molecule has 1 aliphatic carbocycles. The van der Waals surface area contributed by atoms with E-state index in [1.165, 1.54) is 19.3 Å². The molecule has 1 aromatic heterocycles. The molecule has 0 atom stereocenters. The number of carbonyl (C=O) groups is 1. The summed E-state index contributed by atoms with van der Waals surface area (Å²) < 4.78 is 0. The van der Waals surface area contributed by atoms with Crippen LogP contribution in [0.3, 0.4) is 0 Å². The first-order chi connectivity index (χ1) is 9.65. The summed E-state index contributed by atoms with van der Waals surface area (Å²) in [5.41, 5.74) is 8.20. The standard InChI is InChI=1S/C16H25N3O/c1-13-10-18-8-5-14(13)11-19-15(20)9-16(12-17)6-3-2-4-7-16/h5,8,10H,2-4,6-7,9,11-12,17H2,1H3,(H,19,20). The fourth-order valence-electron chi connectivity index (χ4n) is 3.05. The molecule has 2 rings (SSSR count). The van der Waals surface area contributed by atoms with Gasteiger partial charge in [-0.2, -0.15) is 0 Å². The van der Waals surface area contributed by atoms with E-state index in [9.17, 15) is 4.79 Å². The Bertz CT molecular complexity index is 453. The van der Waals surface area contributed by atoms with Gasteiger partial charge in [-0.25, -0.2) is 0 Å². The van der Waals surface area contributed by atoms with Crippen LogP contribution in [0.4, 0.5) is 0 Å². The van der Waals surface area contributed by atoms with E-state index >= 15 is 0 Å². The first-order valence-corrected chi connectivity index (χ1v) is 7.51. The van der Waals surface area contributed by atoms with E-state index in [0.717, 1.165) is 24.0 Å². The molecular formula is C16H25N3O. The monoisotopic (exact) mass is 275 g/mol. The third-order valence-corrected chi connectivity index (χ3v) is 4.50. The number of aryl methyl sites for hydroxylation is 1. The fraction of sp³-hybridized carbons (Fsp3) is 0.625. The zero-order valence-electron chi connectivity index (χ0n) is 12.3. The van der Waals surface area contributed by atoms with Crippen LogP contribution in [0, 0.1) is 12.3 Å². The molecule has 0 aromatic carbocycles. The zero-order chi connectivity index (χ0) is 14.4. The van der Waals surface area contributed by atoms with Crippen LogP contribution < -0.4 is 11.1 Å². The number of hydrogen-bond donors (Lipinski definition) is 2. The number of pyridine rings is 1. The normalized spacial score (nSPS) is 17.7. The van der Waals surface area contributed by atoms with Crippen molar-refractivity contribution in [1.82, 2.24) is 10.3 Å². The van der Waals surface area contributed by atoms with E-state index < -0.39 is 0 Å². The van der Waals surface area contributed by atoms with Crippen LogP contribution in [0.1, 0.15) is 49.7 Å². The number of aromatic nitrogens is 1. The van der Waals surface area contributed by atoms with Gasteiger partial charge in [0, 0.05) is 25.4 Å². The summed E-state index contributed by atoms with van der Waals surface area (Å²) in [6.45, 7) is 3.21. The predicted molar refractivity (Wildman–Crippen MR) is 80.0 cm³/mol. The lowest BCUT2D eigenvalue weighted by atomic mass is 9.71. The summed E-state index contributed by atoms with van der Waals surface area (Å²) in [5.74, 6) is 0.119. The summed E-state index contributed by atoms with van der Waals surface area (Å²) in [6.07, 6.45) is 10.0. The van der Waals surface area contributed by atoms with Gasteiger partial charge < -0.3 is 11.1 Å². The smallest absolute Gasteiger partial charge is 0.220 e. The number of hydrogen-bond acceptors (Lipinski definition) is 3. The molecule has 0 bridgehead atoms. The van der Waals surface area contributed by atoms with Crippen LogP contribution >= 0.6 is 0 Å². The number of rotatable bonds is 5. The Morgan fingerprint density at radius 3 is 2.80 bits per heavy atom. The molecule has 20 heavy (non-hydrogen) atoms. The molecule has 0 unspecified atom stereocenters. The van der Waals surface area contributed by atoms with Gasteiger partial charge in [0.25, 0.3) is 0 Å². The van der Waals surface area contributed by atoms with Gasteiger partial charge in [-0.15, -0.1) is 0 Å². The first kappa shape index (κ1) is 15.0. The molecule has 110 valence electrons. The highest BCUT2D eigenvalue weighted by molar-refractivity contribution is 5.76. The number of nitrogens with two attached hydrogens (primary N) is 1. The van der Waals surface area contributed by atoms with Crippen molar-refractivity contribution in [3.05, 3.63) is 29.6 Å².